The fraction of sp³-hybridized carbons (Fsp3) is 0.348. The van der Waals surface area contributed by atoms with Gasteiger partial charge in [0.2, 0.25) is 5.65 Å². The number of unbranched alkanes of at least 4 members (excludes halogenated alkanes) is 1. The standard InChI is InChI=1S/C23H26ClN7O3/c1-13-7-8-15(20(24)27-13)23(32)26-10-6-5-9-25-21-22-30-29-14(2)31(22)17-12-19(34-4)18(33-3)11-16(17)28-21/h7-8,11-12H,5-6,9-10H2,1-4H3,(H,25,28)(H,26,32). The molecule has 0 aliphatic heterocycles. The number of rotatable bonds is 9. The van der Waals surface area contributed by atoms with Crippen molar-refractivity contribution in [3.63, 3.8) is 0 Å². The molecule has 34 heavy (non-hydrogen) atoms. The molecular weight excluding hydrogens is 458 g/mol. The first-order valence-corrected chi connectivity index (χ1v) is 11.2. The number of halogens is 1. The second kappa shape index (κ2) is 10.1. The van der Waals surface area contributed by atoms with Gasteiger partial charge in [0.25, 0.3) is 5.91 Å². The molecule has 4 aromatic rings. The monoisotopic (exact) mass is 483 g/mol. The number of carbonyl (C=O) groups excluding carboxylic acids is 1. The van der Waals surface area contributed by atoms with Crippen molar-refractivity contribution in [3.05, 3.63) is 46.5 Å². The largest absolute Gasteiger partial charge is 0.493 e. The van der Waals surface area contributed by atoms with Crippen LogP contribution in [0.4, 0.5) is 5.82 Å². The Morgan fingerprint density at radius 2 is 1.76 bits per heavy atom. The summed E-state index contributed by atoms with van der Waals surface area (Å²) in [5.41, 5.74) is 3.33. The van der Waals surface area contributed by atoms with Crippen LogP contribution in [0.3, 0.4) is 0 Å². The molecule has 0 saturated carbocycles. The van der Waals surface area contributed by atoms with E-state index in [0.717, 1.165) is 35.4 Å². The third kappa shape index (κ3) is 4.67. The number of hydrogen-bond acceptors (Lipinski definition) is 8. The molecule has 0 atom stereocenters. The summed E-state index contributed by atoms with van der Waals surface area (Å²) in [5.74, 6) is 2.34. The molecule has 0 unspecified atom stereocenters. The van der Waals surface area contributed by atoms with E-state index in [9.17, 15) is 4.79 Å². The number of nitrogens with one attached hydrogen (secondary N) is 2. The van der Waals surface area contributed by atoms with Crippen LogP contribution in [0, 0.1) is 13.8 Å². The summed E-state index contributed by atoms with van der Waals surface area (Å²) in [4.78, 5) is 21.2. The summed E-state index contributed by atoms with van der Waals surface area (Å²) in [6, 6.07) is 7.15. The molecule has 0 bridgehead atoms. The summed E-state index contributed by atoms with van der Waals surface area (Å²) < 4.78 is 12.8. The molecule has 1 amide bonds. The van der Waals surface area contributed by atoms with Crippen LogP contribution in [0.2, 0.25) is 5.15 Å². The smallest absolute Gasteiger partial charge is 0.254 e. The SMILES string of the molecule is COc1cc2nc(NCCCCNC(=O)c3ccc(C)nc3Cl)c3nnc(C)n3c2cc1OC. The zero-order valence-electron chi connectivity index (χ0n) is 19.5. The van der Waals surface area contributed by atoms with Gasteiger partial charge in [0.05, 0.1) is 30.8 Å². The molecule has 0 spiro atoms. The van der Waals surface area contributed by atoms with Crippen molar-refractivity contribution < 1.29 is 14.3 Å². The topological polar surface area (TPSA) is 116 Å². The summed E-state index contributed by atoms with van der Waals surface area (Å²) in [7, 11) is 3.19. The maximum atomic E-state index is 12.3. The van der Waals surface area contributed by atoms with Gasteiger partial charge in [-0.25, -0.2) is 9.97 Å². The molecule has 0 fully saturated rings. The molecular formula is C23H26ClN7O3. The minimum Gasteiger partial charge on any atom is -0.493 e. The maximum absolute atomic E-state index is 12.3. The first kappa shape index (κ1) is 23.5. The van der Waals surface area contributed by atoms with Crippen LogP contribution < -0.4 is 20.1 Å². The first-order chi connectivity index (χ1) is 16.4. The van der Waals surface area contributed by atoms with E-state index in [-0.39, 0.29) is 11.1 Å². The van der Waals surface area contributed by atoms with Crippen LogP contribution in [0.15, 0.2) is 24.3 Å². The Labute approximate surface area is 201 Å². The molecule has 0 aliphatic carbocycles. The molecule has 178 valence electrons. The van der Waals surface area contributed by atoms with Gasteiger partial charge in [0.1, 0.15) is 11.0 Å². The second-order valence-electron chi connectivity index (χ2n) is 7.74. The maximum Gasteiger partial charge on any atom is 0.254 e. The minimum absolute atomic E-state index is 0.211. The number of aromatic nitrogens is 5. The van der Waals surface area contributed by atoms with Gasteiger partial charge in [-0.2, -0.15) is 0 Å². The Hall–Kier alpha value is -3.66. The number of fused-ring (bicyclic) bond motifs is 3. The van der Waals surface area contributed by atoms with Gasteiger partial charge in [0.15, 0.2) is 17.3 Å². The van der Waals surface area contributed by atoms with Crippen molar-refractivity contribution in [2.24, 2.45) is 0 Å². The summed E-state index contributed by atoms with van der Waals surface area (Å²) in [6.45, 7) is 4.88. The second-order valence-corrected chi connectivity index (χ2v) is 8.10. The van der Waals surface area contributed by atoms with E-state index < -0.39 is 0 Å². The van der Waals surface area contributed by atoms with Crippen LogP contribution in [-0.2, 0) is 0 Å². The fourth-order valence-corrected chi connectivity index (χ4v) is 3.95. The Morgan fingerprint density at radius 3 is 2.50 bits per heavy atom. The van der Waals surface area contributed by atoms with Crippen molar-refractivity contribution in [3.8, 4) is 11.5 Å². The Balaban J connectivity index is 1.41. The van der Waals surface area contributed by atoms with Crippen molar-refractivity contribution in [2.75, 3.05) is 32.6 Å². The van der Waals surface area contributed by atoms with Crippen molar-refractivity contribution in [2.45, 2.75) is 26.7 Å². The van der Waals surface area contributed by atoms with E-state index in [1.807, 2.05) is 30.4 Å². The van der Waals surface area contributed by atoms with Crippen LogP contribution in [0.1, 0.15) is 34.7 Å². The number of nitrogens with zero attached hydrogens (tertiary/aromatic N) is 5. The minimum atomic E-state index is -0.230. The highest BCUT2D eigenvalue weighted by Gasteiger charge is 2.16. The third-order valence-corrected chi connectivity index (χ3v) is 5.69. The highest BCUT2D eigenvalue weighted by Crippen LogP contribution is 2.33. The number of hydrogen-bond donors (Lipinski definition) is 2. The van der Waals surface area contributed by atoms with Gasteiger partial charge in [0, 0.05) is 30.9 Å². The first-order valence-electron chi connectivity index (χ1n) is 10.9. The van der Waals surface area contributed by atoms with Gasteiger partial charge in [-0.1, -0.05) is 11.6 Å². The average Bonchev–Trinajstić information content (AvgIpc) is 3.22. The van der Waals surface area contributed by atoms with Crippen molar-refractivity contribution in [1.29, 1.82) is 0 Å². The van der Waals surface area contributed by atoms with Crippen molar-refractivity contribution >= 4 is 40.0 Å². The lowest BCUT2D eigenvalue weighted by molar-refractivity contribution is 0.0953. The number of anilines is 1. The third-order valence-electron chi connectivity index (χ3n) is 5.40. The fourth-order valence-electron chi connectivity index (χ4n) is 3.67. The van der Waals surface area contributed by atoms with Crippen LogP contribution >= 0.6 is 11.6 Å². The predicted octanol–water partition coefficient (Wildman–Crippen LogP) is 3.58. The molecule has 3 aromatic heterocycles. The van der Waals surface area contributed by atoms with E-state index in [1.54, 1.807) is 26.4 Å². The van der Waals surface area contributed by atoms with Gasteiger partial charge in [-0.3, -0.25) is 9.20 Å². The number of ether oxygens (including phenoxy) is 2. The average molecular weight is 484 g/mol. The number of aryl methyl sites for hydroxylation is 2. The summed E-state index contributed by atoms with van der Waals surface area (Å²) in [5, 5.41) is 14.9. The van der Waals surface area contributed by atoms with Crippen molar-refractivity contribution in [1.82, 2.24) is 29.9 Å². The van der Waals surface area contributed by atoms with E-state index in [1.165, 1.54) is 0 Å². The normalized spacial score (nSPS) is 11.1. The lowest BCUT2D eigenvalue weighted by Crippen LogP contribution is -2.25. The van der Waals surface area contributed by atoms with Crippen LogP contribution in [0.25, 0.3) is 16.7 Å². The zero-order valence-corrected chi connectivity index (χ0v) is 20.2. The quantitative estimate of drug-likeness (QED) is 0.274. The Bertz CT molecular complexity index is 1360. The lowest BCUT2D eigenvalue weighted by atomic mass is 10.2. The van der Waals surface area contributed by atoms with Gasteiger partial charge in [-0.05, 0) is 38.8 Å². The van der Waals surface area contributed by atoms with E-state index in [2.05, 4.69) is 25.8 Å². The summed E-state index contributed by atoms with van der Waals surface area (Å²) >= 11 is 6.06. The van der Waals surface area contributed by atoms with Gasteiger partial charge < -0.3 is 20.1 Å². The van der Waals surface area contributed by atoms with Crippen LogP contribution in [-0.4, -0.2) is 57.8 Å². The summed E-state index contributed by atoms with van der Waals surface area (Å²) in [6.07, 6.45) is 1.58. The molecule has 2 N–H and O–H groups in total. The highest BCUT2D eigenvalue weighted by atomic mass is 35.5. The predicted molar refractivity (Wildman–Crippen MR) is 130 cm³/mol. The zero-order chi connectivity index (χ0) is 24.2. The molecule has 1 aromatic carbocycles. The molecule has 3 heterocycles. The molecule has 10 nitrogen and oxygen atoms in total. The molecule has 0 saturated heterocycles. The molecule has 4 rings (SSSR count). The van der Waals surface area contributed by atoms with Gasteiger partial charge >= 0.3 is 0 Å². The molecule has 11 heteroatoms. The number of amides is 1. The lowest BCUT2D eigenvalue weighted by Gasteiger charge is -2.13. The van der Waals surface area contributed by atoms with Crippen LogP contribution in [0.5, 0.6) is 11.5 Å². The Kier molecular flexibility index (Phi) is 6.97. The highest BCUT2D eigenvalue weighted by molar-refractivity contribution is 6.32. The van der Waals surface area contributed by atoms with E-state index in [4.69, 9.17) is 26.1 Å². The van der Waals surface area contributed by atoms with Gasteiger partial charge in [-0.15, -0.1) is 10.2 Å². The molecule has 0 aliphatic rings. The number of pyridine rings is 1. The Morgan fingerprint density at radius 1 is 1.03 bits per heavy atom. The van der Waals surface area contributed by atoms with E-state index >= 15 is 0 Å². The number of carbonyl (C=O) groups is 1. The van der Waals surface area contributed by atoms with E-state index in [0.29, 0.717) is 41.6 Å². The number of benzene rings is 1. The molecule has 0 radical (unpaired) electrons. The number of methoxy groups -OCH3 is 2.